The SMILES string of the molecule is Cc1cc(C(=O)O)nc(NCCc2ccc[nH]2)n1. The standard InChI is InChI=1S/C12H14N4O2/c1-8-7-10(11(17)18)16-12(15-8)14-6-4-9-3-2-5-13-9/h2-3,5,7,13H,4,6H2,1H3,(H,17,18)(H,14,15,16). The van der Waals surface area contributed by atoms with Gasteiger partial charge in [0.15, 0.2) is 5.69 Å². The van der Waals surface area contributed by atoms with Crippen LogP contribution < -0.4 is 5.32 Å². The van der Waals surface area contributed by atoms with Gasteiger partial charge in [-0.25, -0.2) is 14.8 Å². The monoisotopic (exact) mass is 246 g/mol. The first-order valence-corrected chi connectivity index (χ1v) is 5.60. The first kappa shape index (κ1) is 12.1. The molecule has 0 radical (unpaired) electrons. The van der Waals surface area contributed by atoms with E-state index in [-0.39, 0.29) is 5.69 Å². The second-order valence-electron chi connectivity index (χ2n) is 3.90. The van der Waals surface area contributed by atoms with Gasteiger partial charge < -0.3 is 15.4 Å². The van der Waals surface area contributed by atoms with Crippen LogP contribution in [0.4, 0.5) is 5.95 Å². The summed E-state index contributed by atoms with van der Waals surface area (Å²) in [5.41, 5.74) is 1.74. The average molecular weight is 246 g/mol. The summed E-state index contributed by atoms with van der Waals surface area (Å²) in [4.78, 5) is 22.0. The molecule has 6 heteroatoms. The number of carboxylic acid groups (broad SMARTS) is 1. The number of carboxylic acids is 1. The molecule has 2 aromatic rings. The van der Waals surface area contributed by atoms with E-state index in [0.29, 0.717) is 18.2 Å². The van der Waals surface area contributed by atoms with Gasteiger partial charge in [0.2, 0.25) is 5.95 Å². The van der Waals surface area contributed by atoms with Crippen molar-refractivity contribution in [2.24, 2.45) is 0 Å². The predicted molar refractivity (Wildman–Crippen MR) is 66.7 cm³/mol. The van der Waals surface area contributed by atoms with E-state index in [4.69, 9.17) is 5.11 Å². The van der Waals surface area contributed by atoms with Crippen molar-refractivity contribution in [3.63, 3.8) is 0 Å². The first-order chi connectivity index (χ1) is 8.65. The number of H-pyrrole nitrogens is 1. The molecular formula is C12H14N4O2. The molecule has 6 nitrogen and oxygen atoms in total. The molecule has 0 bridgehead atoms. The highest BCUT2D eigenvalue weighted by atomic mass is 16.4. The molecule has 3 N–H and O–H groups in total. The molecule has 0 aromatic carbocycles. The Morgan fingerprint density at radius 1 is 1.50 bits per heavy atom. The summed E-state index contributed by atoms with van der Waals surface area (Å²) in [6, 6.07) is 5.36. The fourth-order valence-electron chi connectivity index (χ4n) is 1.59. The highest BCUT2D eigenvalue weighted by Gasteiger charge is 2.08. The molecule has 2 rings (SSSR count). The third kappa shape index (κ3) is 3.07. The minimum absolute atomic E-state index is 0.00451. The van der Waals surface area contributed by atoms with Crippen LogP contribution in [0.2, 0.25) is 0 Å². The molecule has 0 spiro atoms. The summed E-state index contributed by atoms with van der Waals surface area (Å²) >= 11 is 0. The molecule has 0 saturated carbocycles. The van der Waals surface area contributed by atoms with Crippen molar-refractivity contribution in [3.05, 3.63) is 41.5 Å². The summed E-state index contributed by atoms with van der Waals surface area (Å²) in [5, 5.41) is 11.9. The Bertz CT molecular complexity index is 537. The minimum Gasteiger partial charge on any atom is -0.477 e. The maximum atomic E-state index is 10.8. The number of rotatable bonds is 5. The predicted octanol–water partition coefficient (Wildman–Crippen LogP) is 1.47. The Labute approximate surface area is 104 Å². The van der Waals surface area contributed by atoms with Gasteiger partial charge in [-0.05, 0) is 25.1 Å². The van der Waals surface area contributed by atoms with Crippen LogP contribution in [0, 0.1) is 6.92 Å². The Morgan fingerprint density at radius 2 is 2.33 bits per heavy atom. The lowest BCUT2D eigenvalue weighted by atomic mass is 10.3. The van der Waals surface area contributed by atoms with E-state index in [2.05, 4.69) is 20.3 Å². The Hall–Kier alpha value is -2.37. The van der Waals surface area contributed by atoms with E-state index in [1.807, 2.05) is 18.3 Å². The third-order valence-electron chi connectivity index (χ3n) is 2.41. The molecule has 0 unspecified atom stereocenters. The molecular weight excluding hydrogens is 232 g/mol. The van der Waals surface area contributed by atoms with Gasteiger partial charge in [0.05, 0.1) is 0 Å². The van der Waals surface area contributed by atoms with Crippen molar-refractivity contribution in [2.45, 2.75) is 13.3 Å². The second kappa shape index (κ2) is 5.31. The van der Waals surface area contributed by atoms with E-state index in [1.54, 1.807) is 6.92 Å². The highest BCUT2D eigenvalue weighted by Crippen LogP contribution is 2.05. The summed E-state index contributed by atoms with van der Waals surface area (Å²) in [5.74, 6) is -0.702. The number of aromatic carboxylic acids is 1. The maximum Gasteiger partial charge on any atom is 0.354 e. The molecule has 0 atom stereocenters. The number of hydrogen-bond donors (Lipinski definition) is 3. The lowest BCUT2D eigenvalue weighted by molar-refractivity contribution is 0.0690. The van der Waals surface area contributed by atoms with Gasteiger partial charge in [0, 0.05) is 30.6 Å². The average Bonchev–Trinajstić information content (AvgIpc) is 2.81. The van der Waals surface area contributed by atoms with Crippen molar-refractivity contribution >= 4 is 11.9 Å². The van der Waals surface area contributed by atoms with Crippen LogP contribution in [0.15, 0.2) is 24.4 Å². The van der Waals surface area contributed by atoms with E-state index in [1.165, 1.54) is 6.07 Å². The zero-order valence-electron chi connectivity index (χ0n) is 9.97. The molecule has 0 aliphatic rings. The summed E-state index contributed by atoms with van der Waals surface area (Å²) in [7, 11) is 0. The van der Waals surface area contributed by atoms with Gasteiger partial charge in [0.25, 0.3) is 0 Å². The number of aromatic nitrogens is 3. The minimum atomic E-state index is -1.05. The number of nitrogens with zero attached hydrogens (tertiary/aromatic N) is 2. The topological polar surface area (TPSA) is 90.9 Å². The van der Waals surface area contributed by atoms with Crippen LogP contribution in [0.3, 0.4) is 0 Å². The van der Waals surface area contributed by atoms with Gasteiger partial charge >= 0.3 is 5.97 Å². The lowest BCUT2D eigenvalue weighted by Crippen LogP contribution is -2.11. The van der Waals surface area contributed by atoms with E-state index >= 15 is 0 Å². The smallest absolute Gasteiger partial charge is 0.354 e. The zero-order valence-corrected chi connectivity index (χ0v) is 9.97. The van der Waals surface area contributed by atoms with Crippen LogP contribution in [0.5, 0.6) is 0 Å². The summed E-state index contributed by atoms with van der Waals surface area (Å²) < 4.78 is 0. The van der Waals surface area contributed by atoms with Crippen molar-refractivity contribution in [3.8, 4) is 0 Å². The van der Waals surface area contributed by atoms with Gasteiger partial charge in [-0.2, -0.15) is 0 Å². The Kier molecular flexibility index (Phi) is 3.57. The van der Waals surface area contributed by atoms with Crippen LogP contribution in [0.25, 0.3) is 0 Å². The maximum absolute atomic E-state index is 10.8. The van der Waals surface area contributed by atoms with Crippen LogP contribution in [-0.2, 0) is 6.42 Å². The van der Waals surface area contributed by atoms with Gasteiger partial charge in [0.1, 0.15) is 0 Å². The van der Waals surface area contributed by atoms with Crippen LogP contribution >= 0.6 is 0 Å². The van der Waals surface area contributed by atoms with Crippen LogP contribution in [-0.4, -0.2) is 32.6 Å². The van der Waals surface area contributed by atoms with Crippen molar-refractivity contribution in [1.29, 1.82) is 0 Å². The highest BCUT2D eigenvalue weighted by molar-refractivity contribution is 5.85. The Balaban J connectivity index is 1.98. The van der Waals surface area contributed by atoms with Crippen molar-refractivity contribution in [2.75, 3.05) is 11.9 Å². The fourth-order valence-corrected chi connectivity index (χ4v) is 1.59. The summed E-state index contributed by atoms with van der Waals surface area (Å²) in [6.07, 6.45) is 2.66. The largest absolute Gasteiger partial charge is 0.477 e. The number of nitrogens with one attached hydrogen (secondary N) is 2. The molecule has 0 aliphatic carbocycles. The van der Waals surface area contributed by atoms with E-state index in [0.717, 1.165) is 12.1 Å². The molecule has 2 aromatic heterocycles. The quantitative estimate of drug-likeness (QED) is 0.743. The first-order valence-electron chi connectivity index (χ1n) is 5.60. The Morgan fingerprint density at radius 3 is 3.00 bits per heavy atom. The van der Waals surface area contributed by atoms with E-state index in [9.17, 15) is 4.79 Å². The molecule has 94 valence electrons. The molecule has 0 saturated heterocycles. The number of aromatic amines is 1. The molecule has 2 heterocycles. The lowest BCUT2D eigenvalue weighted by Gasteiger charge is -2.05. The number of aryl methyl sites for hydroxylation is 1. The van der Waals surface area contributed by atoms with Crippen molar-refractivity contribution < 1.29 is 9.90 Å². The molecule has 0 aliphatic heterocycles. The van der Waals surface area contributed by atoms with Crippen molar-refractivity contribution in [1.82, 2.24) is 15.0 Å². The van der Waals surface area contributed by atoms with Gasteiger partial charge in [-0.1, -0.05) is 0 Å². The molecule has 18 heavy (non-hydrogen) atoms. The number of anilines is 1. The molecule has 0 fully saturated rings. The van der Waals surface area contributed by atoms with Crippen LogP contribution in [0.1, 0.15) is 21.9 Å². The summed E-state index contributed by atoms with van der Waals surface area (Å²) in [6.45, 7) is 2.38. The third-order valence-corrected chi connectivity index (χ3v) is 2.41. The normalized spacial score (nSPS) is 10.3. The van der Waals surface area contributed by atoms with Gasteiger partial charge in [-0.3, -0.25) is 0 Å². The second-order valence-corrected chi connectivity index (χ2v) is 3.90. The number of carbonyl (C=O) groups is 1. The molecule has 0 amide bonds. The number of hydrogen-bond acceptors (Lipinski definition) is 4. The fraction of sp³-hybridized carbons (Fsp3) is 0.250. The van der Waals surface area contributed by atoms with E-state index < -0.39 is 5.97 Å². The zero-order chi connectivity index (χ0) is 13.0. The van der Waals surface area contributed by atoms with Gasteiger partial charge in [-0.15, -0.1) is 0 Å².